The standard InChI is InChI=1S/C18H30N2O2/c1-3-22-13-16(21)12-19-14-18(10-6-7-11-18)20-17-9-5-4-8-15(17)2/h4-5,8-9,16,19-21H,3,6-7,10-14H2,1-2H3. The molecular formula is C18H30N2O2. The van der Waals surface area contributed by atoms with Gasteiger partial charge in [-0.25, -0.2) is 0 Å². The Morgan fingerprint density at radius 2 is 2.00 bits per heavy atom. The lowest BCUT2D eigenvalue weighted by molar-refractivity contribution is 0.0423. The molecule has 1 aliphatic carbocycles. The van der Waals surface area contributed by atoms with Crippen molar-refractivity contribution < 1.29 is 9.84 Å². The van der Waals surface area contributed by atoms with Crippen molar-refractivity contribution in [2.45, 2.75) is 51.2 Å². The minimum atomic E-state index is -0.433. The van der Waals surface area contributed by atoms with Gasteiger partial charge < -0.3 is 20.5 Å². The maximum absolute atomic E-state index is 9.86. The highest BCUT2D eigenvalue weighted by Crippen LogP contribution is 2.33. The van der Waals surface area contributed by atoms with Gasteiger partial charge in [0.05, 0.1) is 12.7 Å². The van der Waals surface area contributed by atoms with Crippen molar-refractivity contribution in [3.8, 4) is 0 Å². The van der Waals surface area contributed by atoms with Crippen LogP contribution in [0.25, 0.3) is 0 Å². The first-order valence-corrected chi connectivity index (χ1v) is 8.45. The van der Waals surface area contributed by atoms with Crippen LogP contribution >= 0.6 is 0 Å². The highest BCUT2D eigenvalue weighted by Gasteiger charge is 2.33. The molecule has 1 aliphatic rings. The van der Waals surface area contributed by atoms with Gasteiger partial charge in [0.15, 0.2) is 0 Å². The van der Waals surface area contributed by atoms with Crippen LogP contribution in [0.2, 0.25) is 0 Å². The molecule has 4 heteroatoms. The summed E-state index contributed by atoms with van der Waals surface area (Å²) in [7, 11) is 0. The number of anilines is 1. The number of nitrogens with one attached hydrogen (secondary N) is 2. The molecule has 2 rings (SSSR count). The van der Waals surface area contributed by atoms with Crippen LogP contribution in [-0.2, 0) is 4.74 Å². The molecule has 0 saturated heterocycles. The summed E-state index contributed by atoms with van der Waals surface area (Å²) in [6.45, 7) is 6.60. The molecule has 124 valence electrons. The maximum Gasteiger partial charge on any atom is 0.0897 e. The first-order chi connectivity index (χ1) is 10.7. The minimum absolute atomic E-state index is 0.109. The van der Waals surface area contributed by atoms with Crippen LogP contribution in [-0.4, -0.2) is 43.1 Å². The van der Waals surface area contributed by atoms with Crippen LogP contribution in [0.15, 0.2) is 24.3 Å². The number of hydrogen-bond acceptors (Lipinski definition) is 4. The Morgan fingerprint density at radius 1 is 1.27 bits per heavy atom. The zero-order chi connectivity index (χ0) is 15.8. The third-order valence-electron chi connectivity index (χ3n) is 4.46. The quantitative estimate of drug-likeness (QED) is 0.656. The summed E-state index contributed by atoms with van der Waals surface area (Å²) in [4.78, 5) is 0. The van der Waals surface area contributed by atoms with Crippen molar-refractivity contribution in [2.24, 2.45) is 0 Å². The first-order valence-electron chi connectivity index (χ1n) is 8.45. The molecule has 1 aromatic carbocycles. The highest BCUT2D eigenvalue weighted by atomic mass is 16.5. The number of hydrogen-bond donors (Lipinski definition) is 3. The third-order valence-corrected chi connectivity index (χ3v) is 4.46. The minimum Gasteiger partial charge on any atom is -0.389 e. The Bertz CT molecular complexity index is 444. The molecule has 1 saturated carbocycles. The van der Waals surface area contributed by atoms with Crippen LogP contribution in [0.5, 0.6) is 0 Å². The second kappa shape index (κ2) is 8.51. The molecule has 0 heterocycles. The molecule has 0 spiro atoms. The number of ether oxygens (including phenoxy) is 1. The summed E-state index contributed by atoms with van der Waals surface area (Å²) >= 11 is 0. The lowest BCUT2D eigenvalue weighted by atomic mass is 9.96. The molecule has 0 aliphatic heterocycles. The Balaban J connectivity index is 1.87. The molecule has 1 atom stereocenters. The van der Waals surface area contributed by atoms with E-state index in [1.54, 1.807) is 0 Å². The van der Waals surface area contributed by atoms with Crippen LogP contribution in [0.4, 0.5) is 5.69 Å². The smallest absolute Gasteiger partial charge is 0.0897 e. The molecule has 0 amide bonds. The van der Waals surface area contributed by atoms with Gasteiger partial charge in [-0.05, 0) is 38.3 Å². The highest BCUT2D eigenvalue weighted by molar-refractivity contribution is 5.52. The van der Waals surface area contributed by atoms with Crippen molar-refractivity contribution in [1.82, 2.24) is 5.32 Å². The summed E-state index contributed by atoms with van der Waals surface area (Å²) in [5, 5.41) is 17.1. The van der Waals surface area contributed by atoms with Gasteiger partial charge in [-0.2, -0.15) is 0 Å². The fraction of sp³-hybridized carbons (Fsp3) is 0.667. The van der Waals surface area contributed by atoms with Gasteiger partial charge in [-0.3, -0.25) is 0 Å². The van der Waals surface area contributed by atoms with Crippen LogP contribution in [0, 0.1) is 6.92 Å². The lowest BCUT2D eigenvalue weighted by Crippen LogP contribution is -2.47. The Morgan fingerprint density at radius 3 is 2.68 bits per heavy atom. The SMILES string of the molecule is CCOCC(O)CNCC1(Nc2ccccc2C)CCCC1. The molecule has 4 nitrogen and oxygen atoms in total. The van der Waals surface area contributed by atoms with E-state index in [0.717, 1.165) is 6.54 Å². The summed E-state index contributed by atoms with van der Waals surface area (Å²) in [5.74, 6) is 0. The number of benzene rings is 1. The average molecular weight is 306 g/mol. The maximum atomic E-state index is 9.86. The summed E-state index contributed by atoms with van der Waals surface area (Å²) in [6.07, 6.45) is 4.45. The number of aryl methyl sites for hydroxylation is 1. The molecule has 0 bridgehead atoms. The zero-order valence-corrected chi connectivity index (χ0v) is 13.9. The van der Waals surface area contributed by atoms with Crippen molar-refractivity contribution in [1.29, 1.82) is 0 Å². The second-order valence-corrected chi connectivity index (χ2v) is 6.37. The fourth-order valence-corrected chi connectivity index (χ4v) is 3.19. The number of aliphatic hydroxyl groups excluding tert-OH is 1. The van der Waals surface area contributed by atoms with E-state index < -0.39 is 6.10 Å². The topological polar surface area (TPSA) is 53.5 Å². The Labute approximate surface area is 134 Å². The monoisotopic (exact) mass is 306 g/mol. The van der Waals surface area contributed by atoms with Crippen LogP contribution in [0.3, 0.4) is 0 Å². The first kappa shape index (κ1) is 17.3. The van der Waals surface area contributed by atoms with Gasteiger partial charge in [-0.1, -0.05) is 31.0 Å². The molecular weight excluding hydrogens is 276 g/mol. The molecule has 1 aromatic rings. The fourth-order valence-electron chi connectivity index (χ4n) is 3.19. The lowest BCUT2D eigenvalue weighted by Gasteiger charge is -2.33. The van der Waals surface area contributed by atoms with Crippen molar-refractivity contribution >= 4 is 5.69 Å². The molecule has 1 fully saturated rings. The molecule has 0 aromatic heterocycles. The molecule has 3 N–H and O–H groups in total. The van der Waals surface area contributed by atoms with E-state index in [-0.39, 0.29) is 5.54 Å². The van der Waals surface area contributed by atoms with Crippen LogP contribution in [0.1, 0.15) is 38.2 Å². The Kier molecular flexibility index (Phi) is 6.68. The van der Waals surface area contributed by atoms with E-state index in [1.807, 2.05) is 6.92 Å². The third kappa shape index (κ3) is 4.97. The van der Waals surface area contributed by atoms with E-state index in [4.69, 9.17) is 4.74 Å². The molecule has 22 heavy (non-hydrogen) atoms. The van der Waals surface area contributed by atoms with E-state index in [0.29, 0.717) is 19.8 Å². The van der Waals surface area contributed by atoms with Gasteiger partial charge in [0.1, 0.15) is 0 Å². The Hall–Kier alpha value is -1.10. The predicted molar refractivity (Wildman–Crippen MR) is 91.4 cm³/mol. The van der Waals surface area contributed by atoms with E-state index in [1.165, 1.54) is 36.9 Å². The van der Waals surface area contributed by atoms with Crippen molar-refractivity contribution in [3.63, 3.8) is 0 Å². The van der Waals surface area contributed by atoms with Gasteiger partial charge in [0.2, 0.25) is 0 Å². The zero-order valence-electron chi connectivity index (χ0n) is 13.9. The number of rotatable bonds is 9. The van der Waals surface area contributed by atoms with E-state index in [9.17, 15) is 5.11 Å². The summed E-state index contributed by atoms with van der Waals surface area (Å²) in [5.41, 5.74) is 2.61. The van der Waals surface area contributed by atoms with Gasteiger partial charge in [-0.15, -0.1) is 0 Å². The number of para-hydroxylation sites is 1. The molecule has 1 unspecified atom stereocenters. The number of aliphatic hydroxyl groups is 1. The largest absolute Gasteiger partial charge is 0.389 e. The summed E-state index contributed by atoms with van der Waals surface area (Å²) < 4.78 is 5.25. The summed E-state index contributed by atoms with van der Waals surface area (Å²) in [6, 6.07) is 8.45. The predicted octanol–water partition coefficient (Wildman–Crippen LogP) is 2.71. The van der Waals surface area contributed by atoms with E-state index in [2.05, 4.69) is 41.8 Å². The van der Waals surface area contributed by atoms with Crippen molar-refractivity contribution in [3.05, 3.63) is 29.8 Å². The average Bonchev–Trinajstić information content (AvgIpc) is 2.96. The van der Waals surface area contributed by atoms with E-state index >= 15 is 0 Å². The van der Waals surface area contributed by atoms with Gasteiger partial charge in [0, 0.05) is 30.9 Å². The van der Waals surface area contributed by atoms with Crippen molar-refractivity contribution in [2.75, 3.05) is 31.6 Å². The van der Waals surface area contributed by atoms with Crippen LogP contribution < -0.4 is 10.6 Å². The second-order valence-electron chi connectivity index (χ2n) is 6.37. The normalized spacial score (nSPS) is 18.3. The van der Waals surface area contributed by atoms with Gasteiger partial charge >= 0.3 is 0 Å². The van der Waals surface area contributed by atoms with Gasteiger partial charge in [0.25, 0.3) is 0 Å². The molecule has 0 radical (unpaired) electrons.